The third-order valence-corrected chi connectivity index (χ3v) is 6.01. The number of fused-ring (bicyclic) bond motifs is 1. The molecule has 0 radical (unpaired) electrons. The van der Waals surface area contributed by atoms with Gasteiger partial charge in [0.05, 0.1) is 24.9 Å². The number of anilines is 1. The van der Waals surface area contributed by atoms with E-state index in [2.05, 4.69) is 25.6 Å². The first-order valence-corrected chi connectivity index (χ1v) is 10.7. The zero-order chi connectivity index (χ0) is 21.2. The number of carbonyl (C=O) groups is 1. The van der Waals surface area contributed by atoms with E-state index < -0.39 is 5.82 Å². The van der Waals surface area contributed by atoms with Crippen molar-refractivity contribution in [3.05, 3.63) is 36.3 Å². The van der Waals surface area contributed by atoms with Gasteiger partial charge in [0.2, 0.25) is 11.9 Å². The Morgan fingerprint density at radius 3 is 2.71 bits per heavy atom. The van der Waals surface area contributed by atoms with Crippen molar-refractivity contribution in [2.45, 2.75) is 31.7 Å². The first kappa shape index (κ1) is 19.8. The zero-order valence-corrected chi connectivity index (χ0v) is 17.1. The summed E-state index contributed by atoms with van der Waals surface area (Å²) in [4.78, 5) is 23.1. The van der Waals surface area contributed by atoms with Crippen LogP contribution in [0.1, 0.15) is 25.7 Å². The molecule has 9 nitrogen and oxygen atoms in total. The molecule has 1 aliphatic carbocycles. The fourth-order valence-corrected chi connectivity index (χ4v) is 4.31. The molecule has 0 unspecified atom stereocenters. The van der Waals surface area contributed by atoms with Gasteiger partial charge in [-0.1, -0.05) is 17.3 Å². The number of halogens is 1. The number of ether oxygens (including phenoxy) is 1. The first-order chi connectivity index (χ1) is 15.2. The minimum absolute atomic E-state index is 0.0577. The number of amides is 1. The Kier molecular flexibility index (Phi) is 5.46. The predicted octanol–water partition coefficient (Wildman–Crippen LogP) is 2.18. The molecule has 1 amide bonds. The molecule has 2 aromatic heterocycles. The molecule has 2 aliphatic rings. The summed E-state index contributed by atoms with van der Waals surface area (Å²) in [7, 11) is 0. The second kappa shape index (κ2) is 8.54. The molecular formula is C21H24FN7O2. The zero-order valence-electron chi connectivity index (χ0n) is 17.1. The largest absolute Gasteiger partial charge is 0.378 e. The van der Waals surface area contributed by atoms with E-state index in [0.29, 0.717) is 43.3 Å². The van der Waals surface area contributed by atoms with Gasteiger partial charge in [0.1, 0.15) is 5.52 Å². The maximum Gasteiger partial charge on any atom is 0.225 e. The molecular weight excluding hydrogens is 401 g/mol. The van der Waals surface area contributed by atoms with Crippen LogP contribution in [0.5, 0.6) is 0 Å². The van der Waals surface area contributed by atoms with Crippen molar-refractivity contribution in [3.63, 3.8) is 0 Å². The lowest BCUT2D eigenvalue weighted by molar-refractivity contribution is -0.140. The molecule has 162 valence electrons. The molecule has 2 fully saturated rings. The van der Waals surface area contributed by atoms with Crippen molar-refractivity contribution in [1.29, 1.82) is 0 Å². The molecule has 1 aromatic carbocycles. The smallest absolute Gasteiger partial charge is 0.225 e. The van der Waals surface area contributed by atoms with Crippen molar-refractivity contribution in [1.82, 2.24) is 29.9 Å². The van der Waals surface area contributed by atoms with Crippen molar-refractivity contribution in [3.8, 4) is 5.82 Å². The van der Waals surface area contributed by atoms with E-state index in [1.165, 1.54) is 4.68 Å². The quantitative estimate of drug-likeness (QED) is 0.684. The monoisotopic (exact) mass is 425 g/mol. The van der Waals surface area contributed by atoms with Gasteiger partial charge in [0.25, 0.3) is 0 Å². The highest BCUT2D eigenvalue weighted by Crippen LogP contribution is 2.28. The lowest BCUT2D eigenvalue weighted by atomic mass is 9.85. The SMILES string of the molecule is O=C([C@H]1CC[C@H](Nc2ncc(F)c(-n3nnc4ccccc43)n2)CC1)N1CCOCC1. The molecule has 1 saturated carbocycles. The summed E-state index contributed by atoms with van der Waals surface area (Å²) in [5.74, 6) is 0.129. The van der Waals surface area contributed by atoms with Gasteiger partial charge < -0.3 is 15.0 Å². The van der Waals surface area contributed by atoms with Crippen LogP contribution in [-0.4, -0.2) is 68.1 Å². The number of hydrogen-bond donors (Lipinski definition) is 1. The van der Waals surface area contributed by atoms with Crippen LogP contribution < -0.4 is 5.32 Å². The molecule has 1 saturated heterocycles. The lowest BCUT2D eigenvalue weighted by Crippen LogP contribution is -2.45. The summed E-state index contributed by atoms with van der Waals surface area (Å²) in [6.07, 6.45) is 4.45. The molecule has 31 heavy (non-hydrogen) atoms. The van der Waals surface area contributed by atoms with Crippen LogP contribution in [0, 0.1) is 11.7 Å². The van der Waals surface area contributed by atoms with Crippen molar-refractivity contribution < 1.29 is 13.9 Å². The standard InChI is InChI=1S/C21H24FN7O2/c22-16-13-23-21(25-19(16)29-18-4-2-1-3-17(18)26-27-29)24-15-7-5-14(6-8-15)20(30)28-9-11-31-12-10-28/h1-4,13-15H,5-12H2,(H,23,24,25)/t14-,15-. The van der Waals surface area contributed by atoms with Gasteiger partial charge in [-0.2, -0.15) is 9.67 Å². The number of carbonyl (C=O) groups excluding carboxylic acids is 1. The van der Waals surface area contributed by atoms with Gasteiger partial charge in [0, 0.05) is 25.0 Å². The van der Waals surface area contributed by atoms with Crippen molar-refractivity contribution in [2.24, 2.45) is 5.92 Å². The van der Waals surface area contributed by atoms with Crippen LogP contribution in [0.2, 0.25) is 0 Å². The van der Waals surface area contributed by atoms with E-state index in [1.807, 2.05) is 29.2 Å². The number of aromatic nitrogens is 5. The number of nitrogens with zero attached hydrogens (tertiary/aromatic N) is 6. The second-order valence-corrected chi connectivity index (χ2v) is 7.99. The topological polar surface area (TPSA) is 98.1 Å². The Labute approximate surface area is 178 Å². The van der Waals surface area contributed by atoms with E-state index in [1.54, 1.807) is 0 Å². The normalized spacial score (nSPS) is 21.9. The molecule has 0 atom stereocenters. The second-order valence-electron chi connectivity index (χ2n) is 7.99. The minimum Gasteiger partial charge on any atom is -0.378 e. The molecule has 0 bridgehead atoms. The third-order valence-electron chi connectivity index (χ3n) is 6.01. The number of para-hydroxylation sites is 1. The van der Waals surface area contributed by atoms with E-state index in [0.717, 1.165) is 31.9 Å². The predicted molar refractivity (Wildman–Crippen MR) is 111 cm³/mol. The highest BCUT2D eigenvalue weighted by atomic mass is 19.1. The number of rotatable bonds is 4. The van der Waals surface area contributed by atoms with Gasteiger partial charge >= 0.3 is 0 Å². The van der Waals surface area contributed by atoms with E-state index in [4.69, 9.17) is 4.74 Å². The summed E-state index contributed by atoms with van der Waals surface area (Å²) >= 11 is 0. The molecule has 1 N–H and O–H groups in total. The average molecular weight is 425 g/mol. The van der Waals surface area contributed by atoms with Gasteiger partial charge in [-0.3, -0.25) is 4.79 Å². The molecule has 3 heterocycles. The first-order valence-electron chi connectivity index (χ1n) is 10.7. The van der Waals surface area contributed by atoms with Crippen LogP contribution in [0.3, 0.4) is 0 Å². The molecule has 5 rings (SSSR count). The van der Waals surface area contributed by atoms with Gasteiger partial charge in [-0.05, 0) is 37.8 Å². The van der Waals surface area contributed by atoms with Crippen LogP contribution in [0.4, 0.5) is 10.3 Å². The molecule has 10 heteroatoms. The maximum absolute atomic E-state index is 14.5. The summed E-state index contributed by atoms with van der Waals surface area (Å²) < 4.78 is 21.2. The Bertz CT molecular complexity index is 1070. The van der Waals surface area contributed by atoms with Crippen LogP contribution in [0.25, 0.3) is 16.9 Å². The lowest BCUT2D eigenvalue weighted by Gasteiger charge is -2.34. The summed E-state index contributed by atoms with van der Waals surface area (Å²) in [5.41, 5.74) is 1.34. The van der Waals surface area contributed by atoms with Crippen molar-refractivity contribution >= 4 is 22.9 Å². The number of benzene rings is 1. The Balaban J connectivity index is 1.25. The average Bonchev–Trinajstić information content (AvgIpc) is 3.25. The Morgan fingerprint density at radius 1 is 1.13 bits per heavy atom. The molecule has 3 aromatic rings. The number of morpholine rings is 1. The van der Waals surface area contributed by atoms with E-state index in [9.17, 15) is 9.18 Å². The van der Waals surface area contributed by atoms with Gasteiger partial charge in [-0.15, -0.1) is 5.10 Å². The molecule has 0 spiro atoms. The Morgan fingerprint density at radius 2 is 1.90 bits per heavy atom. The minimum atomic E-state index is -0.569. The summed E-state index contributed by atoms with van der Waals surface area (Å²) in [6, 6.07) is 7.46. The summed E-state index contributed by atoms with van der Waals surface area (Å²) in [5, 5.41) is 11.4. The van der Waals surface area contributed by atoms with E-state index in [-0.39, 0.29) is 23.7 Å². The summed E-state index contributed by atoms with van der Waals surface area (Å²) in [6.45, 7) is 2.60. The van der Waals surface area contributed by atoms with Crippen LogP contribution >= 0.6 is 0 Å². The van der Waals surface area contributed by atoms with Gasteiger partial charge in [0.15, 0.2) is 11.6 Å². The number of hydrogen-bond acceptors (Lipinski definition) is 7. The van der Waals surface area contributed by atoms with Gasteiger partial charge in [-0.25, -0.2) is 9.37 Å². The van der Waals surface area contributed by atoms with E-state index >= 15 is 0 Å². The van der Waals surface area contributed by atoms with Crippen molar-refractivity contribution in [2.75, 3.05) is 31.6 Å². The molecule has 1 aliphatic heterocycles. The fourth-order valence-electron chi connectivity index (χ4n) is 4.31. The fraction of sp³-hybridized carbons (Fsp3) is 0.476. The Hall–Kier alpha value is -3.14. The maximum atomic E-state index is 14.5. The van der Waals surface area contributed by atoms with Crippen LogP contribution in [-0.2, 0) is 9.53 Å². The highest BCUT2D eigenvalue weighted by Gasteiger charge is 2.30. The third kappa shape index (κ3) is 4.07. The van der Waals surface area contributed by atoms with Crippen LogP contribution in [0.15, 0.2) is 30.5 Å². The highest BCUT2D eigenvalue weighted by molar-refractivity contribution is 5.79. The number of nitrogens with one attached hydrogen (secondary N) is 1.